The lowest BCUT2D eigenvalue weighted by molar-refractivity contribution is -0.870. The summed E-state index contributed by atoms with van der Waals surface area (Å²) < 4.78 is 11.3. The highest BCUT2D eigenvalue weighted by atomic mass is 16.6. The third-order valence-electron chi connectivity index (χ3n) is 7.29. The average molecular weight is 336 g/mol. The Labute approximate surface area is 144 Å². The molecule has 4 bridgehead atoms. The summed E-state index contributed by atoms with van der Waals surface area (Å²) in [6.07, 6.45) is 2.97. The molecule has 5 fully saturated rings. The standard InChI is InChI=1S/C19H30NO4/c1-11-12-7-19(8-13(11)17-14(9-19)16(12)17)18(22)24-10-15(21)23-6-5-20(2,3)4/h11-14,16-17H,5-10H2,1-4H3/q+1. The van der Waals surface area contributed by atoms with Crippen molar-refractivity contribution in [2.75, 3.05) is 40.9 Å². The molecule has 5 rings (SSSR count). The molecule has 0 radical (unpaired) electrons. The van der Waals surface area contributed by atoms with Crippen LogP contribution in [0.25, 0.3) is 0 Å². The van der Waals surface area contributed by atoms with E-state index in [0.717, 1.165) is 65.8 Å². The molecule has 0 spiro atoms. The van der Waals surface area contributed by atoms with Gasteiger partial charge < -0.3 is 14.0 Å². The lowest BCUT2D eigenvalue weighted by Gasteiger charge is -2.49. The topological polar surface area (TPSA) is 52.6 Å². The molecule has 24 heavy (non-hydrogen) atoms. The first-order valence-corrected chi connectivity index (χ1v) is 9.35. The van der Waals surface area contributed by atoms with Crippen molar-refractivity contribution in [1.82, 2.24) is 0 Å². The smallest absolute Gasteiger partial charge is 0.344 e. The van der Waals surface area contributed by atoms with Crippen molar-refractivity contribution in [2.24, 2.45) is 40.9 Å². The van der Waals surface area contributed by atoms with Gasteiger partial charge in [0.05, 0.1) is 26.6 Å². The van der Waals surface area contributed by atoms with E-state index in [4.69, 9.17) is 9.47 Å². The fraction of sp³-hybridized carbons (Fsp3) is 0.895. The molecule has 4 atom stereocenters. The van der Waals surface area contributed by atoms with Gasteiger partial charge in [0, 0.05) is 0 Å². The Kier molecular flexibility index (Phi) is 3.55. The van der Waals surface area contributed by atoms with Crippen molar-refractivity contribution in [3.63, 3.8) is 0 Å². The second kappa shape index (κ2) is 5.20. The van der Waals surface area contributed by atoms with Crippen molar-refractivity contribution >= 4 is 11.9 Å². The van der Waals surface area contributed by atoms with E-state index in [1.807, 2.05) is 21.1 Å². The van der Waals surface area contributed by atoms with E-state index in [1.165, 1.54) is 0 Å². The van der Waals surface area contributed by atoms with Crippen LogP contribution in [0.4, 0.5) is 0 Å². The Hall–Kier alpha value is -1.10. The summed E-state index contributed by atoms with van der Waals surface area (Å²) >= 11 is 0. The molecule has 5 heteroatoms. The molecule has 4 unspecified atom stereocenters. The summed E-state index contributed by atoms with van der Waals surface area (Å²) in [6, 6.07) is 0. The maximum Gasteiger partial charge on any atom is 0.344 e. The van der Waals surface area contributed by atoms with Crippen LogP contribution in [0, 0.1) is 40.9 Å². The van der Waals surface area contributed by atoms with E-state index in [9.17, 15) is 9.59 Å². The number of carbonyl (C=O) groups is 2. The zero-order chi connectivity index (χ0) is 17.3. The highest BCUT2D eigenvalue weighted by Crippen LogP contribution is 2.79. The molecule has 5 aliphatic rings. The number of ether oxygens (including phenoxy) is 2. The molecule has 0 saturated heterocycles. The summed E-state index contributed by atoms with van der Waals surface area (Å²) in [6.45, 7) is 3.23. The zero-order valence-electron chi connectivity index (χ0n) is 15.3. The Morgan fingerprint density at radius 3 is 2.17 bits per heavy atom. The number of hydrogen-bond donors (Lipinski definition) is 0. The van der Waals surface area contributed by atoms with Crippen LogP contribution in [0.3, 0.4) is 0 Å². The molecular weight excluding hydrogens is 306 g/mol. The summed E-state index contributed by atoms with van der Waals surface area (Å²) in [5.74, 6) is 4.20. The first kappa shape index (κ1) is 16.4. The minimum Gasteiger partial charge on any atom is -0.457 e. The minimum atomic E-state index is -0.430. The zero-order valence-corrected chi connectivity index (χ0v) is 15.3. The molecule has 0 aromatic rings. The van der Waals surface area contributed by atoms with Gasteiger partial charge in [-0.2, -0.15) is 0 Å². The van der Waals surface area contributed by atoms with Crippen LogP contribution >= 0.6 is 0 Å². The summed E-state index contributed by atoms with van der Waals surface area (Å²) in [5, 5.41) is 0. The van der Waals surface area contributed by atoms with Crippen molar-refractivity contribution in [3.05, 3.63) is 0 Å². The third-order valence-corrected chi connectivity index (χ3v) is 7.29. The lowest BCUT2D eigenvalue weighted by Crippen LogP contribution is -2.48. The SMILES string of the molecule is CC1C2CC3(C(=O)OCC(=O)OCC[N+](C)(C)C)CC1C1C(C3)C21. The number of rotatable bonds is 6. The molecule has 0 amide bonds. The van der Waals surface area contributed by atoms with Gasteiger partial charge in [0.25, 0.3) is 0 Å². The van der Waals surface area contributed by atoms with Gasteiger partial charge in [-0.3, -0.25) is 4.79 Å². The Bertz CT molecular complexity index is 546. The Balaban J connectivity index is 1.28. The van der Waals surface area contributed by atoms with Crippen LogP contribution in [0.15, 0.2) is 0 Å². The molecule has 5 saturated carbocycles. The van der Waals surface area contributed by atoms with E-state index >= 15 is 0 Å². The molecule has 134 valence electrons. The second-order valence-corrected chi connectivity index (χ2v) is 9.71. The number of esters is 2. The lowest BCUT2D eigenvalue weighted by atomic mass is 9.55. The van der Waals surface area contributed by atoms with Gasteiger partial charge in [0.15, 0.2) is 6.61 Å². The largest absolute Gasteiger partial charge is 0.457 e. The Morgan fingerprint density at radius 1 is 1.00 bits per heavy atom. The first-order valence-electron chi connectivity index (χ1n) is 9.35. The van der Waals surface area contributed by atoms with Crippen LogP contribution in [0.1, 0.15) is 26.2 Å². The number of likely N-dealkylation sites (N-methyl/N-ethyl adjacent to an activating group) is 1. The summed E-state index contributed by atoms with van der Waals surface area (Å²) in [7, 11) is 6.14. The molecule has 0 heterocycles. The Morgan fingerprint density at radius 2 is 1.58 bits per heavy atom. The molecule has 0 aromatic carbocycles. The maximum absolute atomic E-state index is 12.7. The quantitative estimate of drug-likeness (QED) is 0.547. The predicted molar refractivity (Wildman–Crippen MR) is 87.7 cm³/mol. The van der Waals surface area contributed by atoms with Crippen LogP contribution in [0.5, 0.6) is 0 Å². The second-order valence-electron chi connectivity index (χ2n) is 9.71. The van der Waals surface area contributed by atoms with Crippen molar-refractivity contribution in [3.8, 4) is 0 Å². The van der Waals surface area contributed by atoms with E-state index in [-0.39, 0.29) is 18.0 Å². The van der Waals surface area contributed by atoms with Crippen LogP contribution in [-0.4, -0.2) is 57.3 Å². The van der Waals surface area contributed by atoms with Crippen LogP contribution in [-0.2, 0) is 19.1 Å². The highest BCUT2D eigenvalue weighted by molar-refractivity contribution is 5.81. The molecule has 0 aliphatic heterocycles. The van der Waals surface area contributed by atoms with E-state index in [0.29, 0.717) is 6.61 Å². The normalized spacial score (nSPS) is 44.3. The molecular formula is C19H30NO4+. The average Bonchev–Trinajstić information content (AvgIpc) is 3.19. The van der Waals surface area contributed by atoms with Gasteiger partial charge in [-0.15, -0.1) is 0 Å². The van der Waals surface area contributed by atoms with Crippen molar-refractivity contribution in [1.29, 1.82) is 0 Å². The van der Waals surface area contributed by atoms with Gasteiger partial charge in [0.1, 0.15) is 13.2 Å². The number of hydrogen-bond acceptors (Lipinski definition) is 4. The van der Waals surface area contributed by atoms with Crippen LogP contribution in [0.2, 0.25) is 0 Å². The molecule has 0 aromatic heterocycles. The molecule has 0 N–H and O–H groups in total. The monoisotopic (exact) mass is 336 g/mol. The van der Waals surface area contributed by atoms with Crippen LogP contribution < -0.4 is 0 Å². The predicted octanol–water partition coefficient (Wildman–Crippen LogP) is 1.71. The van der Waals surface area contributed by atoms with Crippen molar-refractivity contribution in [2.45, 2.75) is 26.2 Å². The fourth-order valence-electron chi connectivity index (χ4n) is 6.17. The van der Waals surface area contributed by atoms with E-state index < -0.39 is 5.97 Å². The summed E-state index contributed by atoms with van der Waals surface area (Å²) in [4.78, 5) is 24.5. The maximum atomic E-state index is 12.7. The first-order chi connectivity index (χ1) is 11.2. The molecule has 5 aliphatic carbocycles. The van der Waals surface area contributed by atoms with Gasteiger partial charge in [-0.1, -0.05) is 6.92 Å². The van der Waals surface area contributed by atoms with Gasteiger partial charge >= 0.3 is 11.9 Å². The van der Waals surface area contributed by atoms with Gasteiger partial charge in [0.2, 0.25) is 0 Å². The van der Waals surface area contributed by atoms with E-state index in [1.54, 1.807) is 0 Å². The van der Waals surface area contributed by atoms with E-state index in [2.05, 4.69) is 6.92 Å². The fourth-order valence-corrected chi connectivity index (χ4v) is 6.17. The summed E-state index contributed by atoms with van der Waals surface area (Å²) in [5.41, 5.74) is -0.293. The van der Waals surface area contributed by atoms with Gasteiger partial charge in [-0.25, -0.2) is 4.79 Å². The molecule has 5 nitrogen and oxygen atoms in total. The third kappa shape index (κ3) is 2.47. The highest BCUT2D eigenvalue weighted by Gasteiger charge is 2.76. The number of quaternary nitrogens is 1. The number of carbonyl (C=O) groups excluding carboxylic acids is 2. The van der Waals surface area contributed by atoms with Crippen molar-refractivity contribution < 1.29 is 23.5 Å². The van der Waals surface area contributed by atoms with Gasteiger partial charge in [-0.05, 0) is 54.8 Å². The minimum absolute atomic E-state index is 0.142. The number of nitrogens with zero attached hydrogens (tertiary/aromatic N) is 1.